The maximum Gasteiger partial charge on any atom is 0.168 e. The van der Waals surface area contributed by atoms with Gasteiger partial charge in [0, 0.05) is 16.7 Å². The molecule has 0 aromatic heterocycles. The molecule has 7 rings (SSSR count). The molecule has 29 heavy (non-hydrogen) atoms. The first-order valence-corrected chi connectivity index (χ1v) is 11.4. The molecule has 2 aliphatic heterocycles. The van der Waals surface area contributed by atoms with Crippen molar-refractivity contribution < 1.29 is 19.7 Å². The second-order valence-electron chi connectivity index (χ2n) is 12.4. The Kier molecular flexibility index (Phi) is 3.18. The first-order chi connectivity index (χ1) is 13.5. The number of Topliss-reactive ketones (excluding diaryl/α,β-unsaturated/α-hetero) is 1. The molecule has 4 bridgehead atoms. The summed E-state index contributed by atoms with van der Waals surface area (Å²) in [6.45, 7) is 13.5. The van der Waals surface area contributed by atoms with Crippen LogP contribution in [0, 0.1) is 45.3 Å². The summed E-state index contributed by atoms with van der Waals surface area (Å²) in [6.07, 6.45) is 6.35. The van der Waals surface area contributed by atoms with E-state index in [-0.39, 0.29) is 34.9 Å². The molecule has 2 heterocycles. The Bertz CT molecular complexity index is 870. The topological polar surface area (TPSA) is 66.8 Å². The van der Waals surface area contributed by atoms with E-state index in [2.05, 4.69) is 40.3 Å². The van der Waals surface area contributed by atoms with E-state index in [9.17, 15) is 15.0 Å². The van der Waals surface area contributed by atoms with Gasteiger partial charge >= 0.3 is 0 Å². The van der Waals surface area contributed by atoms with Gasteiger partial charge in [-0.25, -0.2) is 0 Å². The smallest absolute Gasteiger partial charge is 0.168 e. The van der Waals surface area contributed by atoms with Gasteiger partial charge < -0.3 is 14.9 Å². The Morgan fingerprint density at radius 2 is 1.90 bits per heavy atom. The van der Waals surface area contributed by atoms with Crippen LogP contribution >= 0.6 is 0 Å². The summed E-state index contributed by atoms with van der Waals surface area (Å²) in [6, 6.07) is 0. The van der Waals surface area contributed by atoms with Gasteiger partial charge in [-0.2, -0.15) is 0 Å². The van der Waals surface area contributed by atoms with Crippen molar-refractivity contribution in [2.24, 2.45) is 45.3 Å². The molecule has 6 fully saturated rings. The van der Waals surface area contributed by atoms with Gasteiger partial charge in [-0.05, 0) is 54.4 Å². The Labute approximate surface area is 173 Å². The van der Waals surface area contributed by atoms with Crippen molar-refractivity contribution in [3.05, 3.63) is 24.3 Å². The summed E-state index contributed by atoms with van der Waals surface area (Å²) in [7, 11) is 0. The van der Waals surface area contributed by atoms with Crippen molar-refractivity contribution in [2.45, 2.75) is 71.2 Å². The van der Waals surface area contributed by atoms with E-state index in [4.69, 9.17) is 4.74 Å². The summed E-state index contributed by atoms with van der Waals surface area (Å²) in [5.41, 5.74) is -1.61. The van der Waals surface area contributed by atoms with Crippen molar-refractivity contribution in [3.63, 3.8) is 0 Å². The Morgan fingerprint density at radius 3 is 2.62 bits per heavy atom. The van der Waals surface area contributed by atoms with Crippen LogP contribution in [0.5, 0.6) is 0 Å². The molecule has 9 atom stereocenters. The minimum atomic E-state index is -0.867. The molecule has 2 saturated heterocycles. The normalized spacial score (nSPS) is 58.1. The number of allylic oxidation sites excluding steroid dienone is 1. The number of carbonyl (C=O) groups is 1. The Morgan fingerprint density at radius 1 is 1.17 bits per heavy atom. The Balaban J connectivity index is 1.68. The number of hydrogen-bond donors (Lipinski definition) is 2. The summed E-state index contributed by atoms with van der Waals surface area (Å²) in [4.78, 5) is 14.0. The minimum Gasteiger partial charge on any atom is -0.390 e. The van der Waals surface area contributed by atoms with Crippen molar-refractivity contribution in [1.29, 1.82) is 0 Å². The van der Waals surface area contributed by atoms with Crippen molar-refractivity contribution in [2.75, 3.05) is 6.61 Å². The molecule has 0 aromatic carbocycles. The fourth-order valence-corrected chi connectivity index (χ4v) is 9.75. The van der Waals surface area contributed by atoms with Gasteiger partial charge in [0.2, 0.25) is 0 Å². The molecule has 7 aliphatic rings. The molecule has 5 aliphatic carbocycles. The number of hydrogen-bond acceptors (Lipinski definition) is 4. The van der Waals surface area contributed by atoms with E-state index in [1.165, 1.54) is 0 Å². The third kappa shape index (κ3) is 1.66. The van der Waals surface area contributed by atoms with Crippen LogP contribution < -0.4 is 0 Å². The summed E-state index contributed by atoms with van der Waals surface area (Å²) in [5, 5.41) is 22.9. The van der Waals surface area contributed by atoms with Crippen LogP contribution in [0.15, 0.2) is 24.3 Å². The van der Waals surface area contributed by atoms with Crippen molar-refractivity contribution in [3.8, 4) is 0 Å². The van der Waals surface area contributed by atoms with Gasteiger partial charge in [-0.15, -0.1) is 0 Å². The quantitative estimate of drug-likeness (QED) is 0.485. The van der Waals surface area contributed by atoms with Crippen LogP contribution in [0.1, 0.15) is 53.4 Å². The third-order valence-corrected chi connectivity index (χ3v) is 10.5. The highest BCUT2D eigenvalue weighted by atomic mass is 16.5. The molecule has 4 nitrogen and oxygen atoms in total. The second kappa shape index (κ2) is 4.92. The molecule has 4 saturated carbocycles. The highest BCUT2D eigenvalue weighted by Gasteiger charge is 2.86. The SMILES string of the molecule is C=C1C(=O)[C@@]23[C@@H]4CC(C)(C)CC25OC[C@]2(C=C[C@H](O)C(C)(C)[C@H]2[C@@H]5O)[C@@H]3CC[C@@H]14. The van der Waals surface area contributed by atoms with Crippen molar-refractivity contribution >= 4 is 5.78 Å². The molecule has 0 radical (unpaired) electrons. The fraction of sp³-hybridized carbons (Fsp3) is 0.800. The summed E-state index contributed by atoms with van der Waals surface area (Å²) >= 11 is 0. The van der Waals surface area contributed by atoms with E-state index < -0.39 is 34.1 Å². The van der Waals surface area contributed by atoms with Crippen LogP contribution in [0.25, 0.3) is 0 Å². The average molecular weight is 399 g/mol. The standard InChI is InChI=1S/C25H34O4/c1-13-14-6-7-16-23-9-8-17(26)22(4,5)18(23)20(28)24(29-12-23)11-21(2,3)10-15(14)25(16,24)19(13)27/h8-9,14-18,20,26,28H,1,6-7,10-12H2,2-5H3/t14-,15+,16-,17-,18+,20-,23+,24?,25-/m0/s1. The van der Waals surface area contributed by atoms with Gasteiger partial charge in [0.25, 0.3) is 0 Å². The zero-order valence-electron chi connectivity index (χ0n) is 18.1. The molecule has 1 unspecified atom stereocenters. The average Bonchev–Trinajstić information content (AvgIpc) is 2.75. The van der Waals surface area contributed by atoms with Crippen LogP contribution in [0.2, 0.25) is 0 Å². The van der Waals surface area contributed by atoms with Crippen molar-refractivity contribution in [1.82, 2.24) is 0 Å². The number of aliphatic hydroxyl groups is 2. The monoisotopic (exact) mass is 398 g/mol. The highest BCUT2D eigenvalue weighted by Crippen LogP contribution is 2.81. The second-order valence-corrected chi connectivity index (χ2v) is 12.4. The highest BCUT2D eigenvalue weighted by molar-refractivity contribution is 6.05. The van der Waals surface area contributed by atoms with Crippen LogP contribution in [0.3, 0.4) is 0 Å². The number of carbonyl (C=O) groups excluding carboxylic acids is 1. The molecular weight excluding hydrogens is 364 g/mol. The lowest BCUT2D eigenvalue weighted by atomic mass is 9.31. The van der Waals surface area contributed by atoms with Gasteiger partial charge in [0.05, 0.1) is 24.2 Å². The predicted octanol–water partition coefficient (Wildman–Crippen LogP) is 3.28. The van der Waals surface area contributed by atoms with Crippen LogP contribution in [-0.2, 0) is 9.53 Å². The van der Waals surface area contributed by atoms with E-state index in [1.807, 2.05) is 6.08 Å². The number of aliphatic hydroxyl groups excluding tert-OH is 2. The van der Waals surface area contributed by atoms with E-state index in [0.29, 0.717) is 13.0 Å². The lowest BCUT2D eigenvalue weighted by Crippen LogP contribution is -2.84. The van der Waals surface area contributed by atoms with Gasteiger partial charge in [-0.1, -0.05) is 46.4 Å². The van der Waals surface area contributed by atoms with E-state index in [1.54, 1.807) is 0 Å². The Hall–Kier alpha value is -0.970. The summed E-state index contributed by atoms with van der Waals surface area (Å²) < 4.78 is 6.74. The van der Waals surface area contributed by atoms with Crippen LogP contribution in [-0.4, -0.2) is 40.4 Å². The molecule has 0 aromatic rings. The molecule has 4 heteroatoms. The molecule has 2 N–H and O–H groups in total. The van der Waals surface area contributed by atoms with E-state index in [0.717, 1.165) is 24.8 Å². The number of ketones is 1. The molecule has 0 amide bonds. The molecular formula is C25H34O4. The lowest BCUT2D eigenvalue weighted by molar-refractivity contribution is -0.386. The first kappa shape index (κ1) is 18.8. The third-order valence-electron chi connectivity index (χ3n) is 10.5. The largest absolute Gasteiger partial charge is 0.390 e. The summed E-state index contributed by atoms with van der Waals surface area (Å²) in [5.74, 6) is 0.656. The number of ether oxygens (including phenoxy) is 1. The number of rotatable bonds is 0. The van der Waals surface area contributed by atoms with Gasteiger partial charge in [-0.3, -0.25) is 4.79 Å². The predicted molar refractivity (Wildman–Crippen MR) is 109 cm³/mol. The van der Waals surface area contributed by atoms with Gasteiger partial charge in [0.1, 0.15) is 5.60 Å². The zero-order chi connectivity index (χ0) is 20.8. The van der Waals surface area contributed by atoms with Gasteiger partial charge in [0.15, 0.2) is 5.78 Å². The van der Waals surface area contributed by atoms with Crippen LogP contribution in [0.4, 0.5) is 0 Å². The fourth-order valence-electron chi connectivity index (χ4n) is 9.75. The first-order valence-electron chi connectivity index (χ1n) is 11.4. The van der Waals surface area contributed by atoms with E-state index >= 15 is 0 Å². The number of fused-ring (bicyclic) bond motifs is 1. The maximum atomic E-state index is 14.0. The minimum absolute atomic E-state index is 0.00914. The molecule has 158 valence electrons. The molecule has 3 spiro atoms. The maximum absolute atomic E-state index is 14.0. The lowest BCUT2D eigenvalue weighted by Gasteiger charge is -2.78. The zero-order valence-corrected chi connectivity index (χ0v) is 18.1.